The van der Waals surface area contributed by atoms with E-state index in [1.807, 2.05) is 18.2 Å². The summed E-state index contributed by atoms with van der Waals surface area (Å²) in [5.74, 6) is 0. The summed E-state index contributed by atoms with van der Waals surface area (Å²) in [5.41, 5.74) is 1.76. The Morgan fingerprint density at radius 2 is 1.69 bits per heavy atom. The van der Waals surface area contributed by atoms with Crippen molar-refractivity contribution < 1.29 is 8.42 Å². The molecule has 1 heterocycles. The van der Waals surface area contributed by atoms with E-state index in [2.05, 4.69) is 29.1 Å². The van der Waals surface area contributed by atoms with Crippen molar-refractivity contribution >= 4 is 21.2 Å². The van der Waals surface area contributed by atoms with Crippen LogP contribution in [-0.4, -0.2) is 53.1 Å². The fourth-order valence-electron chi connectivity index (χ4n) is 3.14. The molecular formula is C20H27N3O2S. The molecule has 0 unspecified atom stereocenters. The summed E-state index contributed by atoms with van der Waals surface area (Å²) >= 11 is 0. The molecule has 0 saturated carbocycles. The van der Waals surface area contributed by atoms with Crippen LogP contribution < -0.4 is 10.2 Å². The molecule has 0 amide bonds. The minimum absolute atomic E-state index is 0.326. The van der Waals surface area contributed by atoms with Gasteiger partial charge in [-0.05, 0) is 43.8 Å². The van der Waals surface area contributed by atoms with Gasteiger partial charge in [0, 0.05) is 38.4 Å². The molecule has 0 atom stereocenters. The quantitative estimate of drug-likeness (QED) is 0.843. The summed E-state index contributed by atoms with van der Waals surface area (Å²) in [7, 11) is -1.42. The molecule has 0 radical (unpaired) electrons. The van der Waals surface area contributed by atoms with Gasteiger partial charge in [0.1, 0.15) is 0 Å². The first-order chi connectivity index (χ1) is 12.5. The first kappa shape index (κ1) is 18.7. The molecule has 2 aromatic rings. The highest BCUT2D eigenvalue weighted by atomic mass is 32.2. The molecule has 26 heavy (non-hydrogen) atoms. The SMILES string of the molecule is CCCNc1cc(N2CCN(C)CC2)ccc1S(=O)(=O)c1ccccc1. The van der Waals surface area contributed by atoms with Crippen LogP contribution >= 0.6 is 0 Å². The van der Waals surface area contributed by atoms with Crippen molar-refractivity contribution in [2.24, 2.45) is 0 Å². The van der Waals surface area contributed by atoms with Crippen LogP contribution in [0, 0.1) is 0 Å². The van der Waals surface area contributed by atoms with Crippen LogP contribution in [0.25, 0.3) is 0 Å². The van der Waals surface area contributed by atoms with E-state index in [9.17, 15) is 8.42 Å². The van der Waals surface area contributed by atoms with E-state index in [0.29, 0.717) is 15.5 Å². The molecule has 0 aromatic heterocycles. The van der Waals surface area contributed by atoms with Gasteiger partial charge in [0.05, 0.1) is 15.5 Å². The molecule has 1 aliphatic heterocycles. The zero-order valence-electron chi connectivity index (χ0n) is 15.5. The Kier molecular flexibility index (Phi) is 5.84. The second-order valence-electron chi connectivity index (χ2n) is 6.71. The lowest BCUT2D eigenvalue weighted by Crippen LogP contribution is -2.44. The number of nitrogens with zero attached hydrogens (tertiary/aromatic N) is 2. The maximum Gasteiger partial charge on any atom is 0.208 e. The minimum Gasteiger partial charge on any atom is -0.384 e. The summed E-state index contributed by atoms with van der Waals surface area (Å²) in [5, 5.41) is 3.31. The summed E-state index contributed by atoms with van der Waals surface area (Å²) in [6.45, 7) is 6.75. The molecule has 2 aromatic carbocycles. The van der Waals surface area contributed by atoms with Crippen molar-refractivity contribution in [1.82, 2.24) is 4.90 Å². The number of hydrogen-bond donors (Lipinski definition) is 1. The summed E-state index contributed by atoms with van der Waals surface area (Å²) < 4.78 is 26.2. The maximum absolute atomic E-state index is 13.1. The molecular weight excluding hydrogens is 346 g/mol. The Morgan fingerprint density at radius 3 is 2.35 bits per heavy atom. The highest BCUT2D eigenvalue weighted by molar-refractivity contribution is 7.91. The van der Waals surface area contributed by atoms with Gasteiger partial charge in [-0.2, -0.15) is 0 Å². The molecule has 1 aliphatic rings. The molecule has 1 fully saturated rings. The van der Waals surface area contributed by atoms with Crippen molar-refractivity contribution in [1.29, 1.82) is 0 Å². The van der Waals surface area contributed by atoms with Gasteiger partial charge in [-0.3, -0.25) is 0 Å². The lowest BCUT2D eigenvalue weighted by molar-refractivity contribution is 0.313. The molecule has 0 aliphatic carbocycles. The molecule has 0 bridgehead atoms. The summed E-state index contributed by atoms with van der Waals surface area (Å²) in [6.07, 6.45) is 0.934. The van der Waals surface area contributed by atoms with Gasteiger partial charge in [-0.25, -0.2) is 8.42 Å². The number of piperazine rings is 1. The molecule has 140 valence electrons. The zero-order valence-corrected chi connectivity index (χ0v) is 16.3. The molecule has 6 heteroatoms. The number of rotatable bonds is 6. The van der Waals surface area contributed by atoms with Crippen molar-refractivity contribution in [3.05, 3.63) is 48.5 Å². The lowest BCUT2D eigenvalue weighted by atomic mass is 10.2. The minimum atomic E-state index is -3.55. The molecule has 1 N–H and O–H groups in total. The van der Waals surface area contributed by atoms with E-state index in [-0.39, 0.29) is 0 Å². The van der Waals surface area contributed by atoms with Crippen molar-refractivity contribution in [2.75, 3.05) is 50.0 Å². The first-order valence-corrected chi connectivity index (χ1v) is 10.6. The average molecular weight is 374 g/mol. The van der Waals surface area contributed by atoms with E-state index in [1.165, 1.54) is 0 Å². The largest absolute Gasteiger partial charge is 0.384 e. The highest BCUT2D eigenvalue weighted by Gasteiger charge is 2.23. The fraction of sp³-hybridized carbons (Fsp3) is 0.400. The molecule has 0 spiro atoms. The Labute approximate surface area is 156 Å². The van der Waals surface area contributed by atoms with Crippen LogP contribution in [0.3, 0.4) is 0 Å². The third kappa shape index (κ3) is 4.02. The lowest BCUT2D eigenvalue weighted by Gasteiger charge is -2.34. The molecule has 3 rings (SSSR count). The first-order valence-electron chi connectivity index (χ1n) is 9.14. The van der Waals surface area contributed by atoms with Gasteiger partial charge >= 0.3 is 0 Å². The zero-order chi connectivity index (χ0) is 18.6. The number of anilines is 2. The van der Waals surface area contributed by atoms with Crippen LogP contribution in [-0.2, 0) is 9.84 Å². The van der Waals surface area contributed by atoms with Gasteiger partial charge in [0.25, 0.3) is 0 Å². The van der Waals surface area contributed by atoms with E-state index >= 15 is 0 Å². The normalized spacial score (nSPS) is 15.8. The number of hydrogen-bond acceptors (Lipinski definition) is 5. The number of likely N-dealkylation sites (N-methyl/N-ethyl adjacent to an activating group) is 1. The third-order valence-electron chi connectivity index (χ3n) is 4.74. The van der Waals surface area contributed by atoms with Crippen LogP contribution in [0.1, 0.15) is 13.3 Å². The predicted molar refractivity (Wildman–Crippen MR) is 107 cm³/mol. The van der Waals surface area contributed by atoms with Gasteiger partial charge in [-0.15, -0.1) is 0 Å². The summed E-state index contributed by atoms with van der Waals surface area (Å²) in [4.78, 5) is 5.29. The van der Waals surface area contributed by atoms with Crippen LogP contribution in [0.4, 0.5) is 11.4 Å². The third-order valence-corrected chi connectivity index (χ3v) is 6.57. The number of nitrogens with one attached hydrogen (secondary N) is 1. The number of sulfone groups is 1. The van der Waals surface area contributed by atoms with Gasteiger partial charge in [0.15, 0.2) is 0 Å². The smallest absolute Gasteiger partial charge is 0.208 e. The van der Waals surface area contributed by atoms with Gasteiger partial charge in [0.2, 0.25) is 9.84 Å². The van der Waals surface area contributed by atoms with Gasteiger partial charge < -0.3 is 15.1 Å². The Bertz CT molecular complexity index is 829. The monoisotopic (exact) mass is 373 g/mol. The van der Waals surface area contributed by atoms with Crippen LogP contribution in [0.15, 0.2) is 58.3 Å². The van der Waals surface area contributed by atoms with E-state index in [0.717, 1.165) is 44.8 Å². The molecule has 5 nitrogen and oxygen atoms in total. The van der Waals surface area contributed by atoms with Gasteiger partial charge in [-0.1, -0.05) is 25.1 Å². The van der Waals surface area contributed by atoms with E-state index in [4.69, 9.17) is 0 Å². The maximum atomic E-state index is 13.1. The summed E-state index contributed by atoms with van der Waals surface area (Å²) in [6, 6.07) is 14.3. The van der Waals surface area contributed by atoms with Crippen molar-refractivity contribution in [3.8, 4) is 0 Å². The highest BCUT2D eigenvalue weighted by Crippen LogP contribution is 2.31. The Morgan fingerprint density at radius 1 is 1.00 bits per heavy atom. The molecule has 1 saturated heterocycles. The average Bonchev–Trinajstić information content (AvgIpc) is 2.67. The van der Waals surface area contributed by atoms with Crippen LogP contribution in [0.5, 0.6) is 0 Å². The Hall–Kier alpha value is -2.05. The topological polar surface area (TPSA) is 52.6 Å². The Balaban J connectivity index is 1.97. The van der Waals surface area contributed by atoms with E-state index < -0.39 is 9.84 Å². The van der Waals surface area contributed by atoms with Crippen molar-refractivity contribution in [2.45, 2.75) is 23.1 Å². The van der Waals surface area contributed by atoms with E-state index in [1.54, 1.807) is 30.3 Å². The second kappa shape index (κ2) is 8.10. The fourth-order valence-corrected chi connectivity index (χ4v) is 4.58. The number of benzene rings is 2. The van der Waals surface area contributed by atoms with Crippen molar-refractivity contribution in [3.63, 3.8) is 0 Å². The second-order valence-corrected chi connectivity index (χ2v) is 8.63. The standard InChI is InChI=1S/C20H27N3O2S/c1-3-11-21-19-16-17(23-14-12-22(2)13-15-23)9-10-20(19)26(24,25)18-7-5-4-6-8-18/h4-10,16,21H,3,11-15H2,1-2H3. The predicted octanol–water partition coefficient (Wildman–Crippen LogP) is 3.09. The van der Waals surface area contributed by atoms with Crippen LogP contribution in [0.2, 0.25) is 0 Å².